The monoisotopic (exact) mass is 254 g/mol. The Labute approximate surface area is 115 Å². The van der Waals surface area contributed by atoms with Crippen molar-refractivity contribution in [3.63, 3.8) is 0 Å². The van der Waals surface area contributed by atoms with Crippen molar-refractivity contribution in [3.8, 4) is 6.07 Å². The summed E-state index contributed by atoms with van der Waals surface area (Å²) in [7, 11) is 0. The molecule has 2 heteroatoms. The van der Waals surface area contributed by atoms with Crippen LogP contribution in [-0.2, 0) is 5.41 Å². The molecule has 0 aromatic carbocycles. The molecule has 0 spiro atoms. The zero-order chi connectivity index (χ0) is 13.1. The number of hydrogen-bond donors (Lipinski definition) is 0. The molecule has 100 valence electrons. The quantitative estimate of drug-likeness (QED) is 0.809. The van der Waals surface area contributed by atoms with Crippen LogP contribution in [0.4, 0.5) is 0 Å². The van der Waals surface area contributed by atoms with Crippen LogP contribution >= 0.6 is 0 Å². The number of rotatable bonds is 3. The van der Waals surface area contributed by atoms with Crippen LogP contribution in [0, 0.1) is 23.2 Å². The first-order chi connectivity index (χ1) is 9.38. The van der Waals surface area contributed by atoms with Crippen molar-refractivity contribution >= 4 is 0 Å². The van der Waals surface area contributed by atoms with Gasteiger partial charge in [-0.25, -0.2) is 0 Å². The van der Waals surface area contributed by atoms with Gasteiger partial charge in [0, 0.05) is 12.4 Å². The highest BCUT2D eigenvalue weighted by Crippen LogP contribution is 2.51. The van der Waals surface area contributed by atoms with Crippen LogP contribution in [0.25, 0.3) is 0 Å². The third-order valence-corrected chi connectivity index (χ3v) is 5.34. The molecule has 1 heterocycles. The van der Waals surface area contributed by atoms with Gasteiger partial charge in [0.15, 0.2) is 0 Å². The van der Waals surface area contributed by atoms with Crippen molar-refractivity contribution < 1.29 is 0 Å². The summed E-state index contributed by atoms with van der Waals surface area (Å²) in [5.41, 5.74) is 0.986. The molecule has 0 radical (unpaired) electrons. The first kappa shape index (κ1) is 12.7. The Morgan fingerprint density at radius 2 is 1.42 bits per heavy atom. The average Bonchev–Trinajstić information content (AvgIpc) is 3.15. The number of hydrogen-bond acceptors (Lipinski definition) is 2. The van der Waals surface area contributed by atoms with Gasteiger partial charge in [0.25, 0.3) is 0 Å². The van der Waals surface area contributed by atoms with E-state index in [-0.39, 0.29) is 5.41 Å². The lowest BCUT2D eigenvalue weighted by molar-refractivity contribution is 0.235. The number of nitrogens with zero attached hydrogens (tertiary/aromatic N) is 2. The van der Waals surface area contributed by atoms with Crippen LogP contribution in [0.2, 0.25) is 0 Å². The molecule has 1 aromatic heterocycles. The van der Waals surface area contributed by atoms with Gasteiger partial charge in [-0.05, 0) is 55.2 Å². The second-order valence-corrected chi connectivity index (χ2v) is 6.18. The molecule has 19 heavy (non-hydrogen) atoms. The lowest BCUT2D eigenvalue weighted by atomic mass is 9.62. The molecular weight excluding hydrogens is 232 g/mol. The highest BCUT2D eigenvalue weighted by molar-refractivity contribution is 5.34. The number of aromatic nitrogens is 1. The smallest absolute Gasteiger partial charge is 0.0879 e. The summed E-state index contributed by atoms with van der Waals surface area (Å²) in [6.07, 6.45) is 13.8. The minimum atomic E-state index is -0.240. The zero-order valence-electron chi connectivity index (χ0n) is 11.5. The van der Waals surface area contributed by atoms with E-state index in [0.717, 1.165) is 0 Å². The summed E-state index contributed by atoms with van der Waals surface area (Å²) in [5, 5.41) is 10.1. The van der Waals surface area contributed by atoms with E-state index in [1.165, 1.54) is 56.9 Å². The van der Waals surface area contributed by atoms with Crippen molar-refractivity contribution in [2.45, 2.75) is 56.8 Å². The summed E-state index contributed by atoms with van der Waals surface area (Å²) in [5.74, 6) is 1.12. The fourth-order valence-electron chi connectivity index (χ4n) is 4.44. The van der Waals surface area contributed by atoms with Crippen LogP contribution in [-0.4, -0.2) is 4.98 Å². The first-order valence-corrected chi connectivity index (χ1v) is 7.69. The molecule has 3 rings (SSSR count). The summed E-state index contributed by atoms with van der Waals surface area (Å²) < 4.78 is 0. The fraction of sp³-hybridized carbons (Fsp3) is 0.647. The van der Waals surface area contributed by atoms with E-state index in [9.17, 15) is 5.26 Å². The SMILES string of the molecule is N#CC(c1ccncc1)(C1CCCC1)C1CCCC1. The maximum absolute atomic E-state index is 10.1. The van der Waals surface area contributed by atoms with Gasteiger partial charge >= 0.3 is 0 Å². The number of pyridine rings is 1. The van der Waals surface area contributed by atoms with Crippen LogP contribution in [0.1, 0.15) is 56.9 Å². The first-order valence-electron chi connectivity index (χ1n) is 7.69. The summed E-state index contributed by atoms with van der Waals surface area (Å²) in [4.78, 5) is 4.14. The van der Waals surface area contributed by atoms with Crippen molar-refractivity contribution in [2.75, 3.05) is 0 Å². The molecule has 0 saturated heterocycles. The van der Waals surface area contributed by atoms with Crippen LogP contribution in [0.5, 0.6) is 0 Å². The Kier molecular flexibility index (Phi) is 3.55. The van der Waals surface area contributed by atoms with Gasteiger partial charge in [-0.15, -0.1) is 0 Å². The minimum Gasteiger partial charge on any atom is -0.265 e. The van der Waals surface area contributed by atoms with Crippen molar-refractivity contribution in [2.24, 2.45) is 11.8 Å². The molecule has 2 aliphatic carbocycles. The maximum atomic E-state index is 10.1. The summed E-state index contributed by atoms with van der Waals surface area (Å²) >= 11 is 0. The molecule has 2 saturated carbocycles. The lowest BCUT2D eigenvalue weighted by Gasteiger charge is -2.38. The van der Waals surface area contributed by atoms with E-state index in [4.69, 9.17) is 0 Å². The Hall–Kier alpha value is -1.36. The Morgan fingerprint density at radius 3 is 1.84 bits per heavy atom. The van der Waals surface area contributed by atoms with Gasteiger partial charge in [0.2, 0.25) is 0 Å². The van der Waals surface area contributed by atoms with E-state index >= 15 is 0 Å². The van der Waals surface area contributed by atoms with Gasteiger partial charge in [-0.2, -0.15) is 5.26 Å². The summed E-state index contributed by atoms with van der Waals surface area (Å²) in [6, 6.07) is 6.95. The molecule has 2 fully saturated rings. The Morgan fingerprint density at radius 1 is 0.947 bits per heavy atom. The second kappa shape index (κ2) is 5.33. The molecule has 0 amide bonds. The zero-order valence-corrected chi connectivity index (χ0v) is 11.5. The number of nitriles is 1. The minimum absolute atomic E-state index is 0.240. The molecule has 2 nitrogen and oxygen atoms in total. The van der Waals surface area contributed by atoms with E-state index in [1.54, 1.807) is 0 Å². The molecule has 2 aliphatic rings. The van der Waals surface area contributed by atoms with Gasteiger partial charge in [-0.3, -0.25) is 4.98 Å². The van der Waals surface area contributed by atoms with E-state index < -0.39 is 0 Å². The predicted molar refractivity (Wildman–Crippen MR) is 75.4 cm³/mol. The molecule has 0 N–H and O–H groups in total. The van der Waals surface area contributed by atoms with Gasteiger partial charge in [-0.1, -0.05) is 25.7 Å². The summed E-state index contributed by atoms with van der Waals surface area (Å²) in [6.45, 7) is 0. The molecule has 0 bridgehead atoms. The molecule has 0 unspecified atom stereocenters. The second-order valence-electron chi connectivity index (χ2n) is 6.18. The molecule has 0 aliphatic heterocycles. The lowest BCUT2D eigenvalue weighted by Crippen LogP contribution is -2.39. The van der Waals surface area contributed by atoms with E-state index in [1.807, 2.05) is 12.4 Å². The van der Waals surface area contributed by atoms with Crippen LogP contribution in [0.3, 0.4) is 0 Å². The normalized spacial score (nSPS) is 21.6. The average molecular weight is 254 g/mol. The molecule has 0 atom stereocenters. The maximum Gasteiger partial charge on any atom is 0.0879 e. The highest BCUT2D eigenvalue weighted by atomic mass is 14.6. The Balaban J connectivity index is 2.05. The van der Waals surface area contributed by atoms with Crippen LogP contribution < -0.4 is 0 Å². The van der Waals surface area contributed by atoms with Gasteiger partial charge in [0.1, 0.15) is 0 Å². The Bertz CT molecular complexity index is 432. The third kappa shape index (κ3) is 2.06. The van der Waals surface area contributed by atoms with Crippen LogP contribution in [0.15, 0.2) is 24.5 Å². The standard InChI is InChI=1S/C17H22N2/c18-13-17(14-5-1-2-6-14,15-7-3-4-8-15)16-9-11-19-12-10-16/h9-12,14-15H,1-8H2. The molecular formula is C17H22N2. The topological polar surface area (TPSA) is 36.7 Å². The van der Waals surface area contributed by atoms with Crippen molar-refractivity contribution in [1.82, 2.24) is 4.98 Å². The highest BCUT2D eigenvalue weighted by Gasteiger charge is 2.48. The van der Waals surface area contributed by atoms with E-state index in [0.29, 0.717) is 11.8 Å². The van der Waals surface area contributed by atoms with Gasteiger partial charge in [0.05, 0.1) is 11.5 Å². The predicted octanol–water partition coefficient (Wildman–Crippen LogP) is 4.22. The largest absolute Gasteiger partial charge is 0.265 e. The van der Waals surface area contributed by atoms with E-state index in [2.05, 4.69) is 23.2 Å². The van der Waals surface area contributed by atoms with Gasteiger partial charge < -0.3 is 0 Å². The third-order valence-electron chi connectivity index (χ3n) is 5.34. The van der Waals surface area contributed by atoms with Crippen molar-refractivity contribution in [3.05, 3.63) is 30.1 Å². The van der Waals surface area contributed by atoms with Crippen molar-refractivity contribution in [1.29, 1.82) is 5.26 Å². The molecule has 1 aromatic rings. The fourth-order valence-corrected chi connectivity index (χ4v) is 4.44.